The van der Waals surface area contributed by atoms with Gasteiger partial charge in [-0.3, -0.25) is 9.59 Å². The molecule has 0 unspecified atom stereocenters. The first-order valence-corrected chi connectivity index (χ1v) is 6.42. The molecular weight excluding hydrogens is 253 g/mol. The van der Waals surface area contributed by atoms with Gasteiger partial charge in [0.15, 0.2) is 5.78 Å². The summed E-state index contributed by atoms with van der Waals surface area (Å²) in [5, 5.41) is 4.80. The lowest BCUT2D eigenvalue weighted by Gasteiger charge is -2.15. The van der Waals surface area contributed by atoms with E-state index in [9.17, 15) is 18.8 Å². The summed E-state index contributed by atoms with van der Waals surface area (Å²) < 4.78 is 12.3. The quantitative estimate of drug-likeness (QED) is 0.510. The lowest BCUT2D eigenvalue weighted by Crippen LogP contribution is -2.48. The van der Waals surface area contributed by atoms with E-state index in [4.69, 9.17) is 5.73 Å². The molecule has 0 saturated heterocycles. The van der Waals surface area contributed by atoms with Crippen molar-refractivity contribution in [3.63, 3.8) is 0 Å². The van der Waals surface area contributed by atoms with Crippen LogP contribution < -0.4 is 16.4 Å². The highest BCUT2D eigenvalue weighted by molar-refractivity contribution is 5.93. The van der Waals surface area contributed by atoms with Crippen molar-refractivity contribution in [1.29, 1.82) is 0 Å². The van der Waals surface area contributed by atoms with Gasteiger partial charge in [0.05, 0.1) is 6.42 Å². The van der Waals surface area contributed by atoms with E-state index in [0.29, 0.717) is 6.54 Å². The molecule has 0 aromatic rings. The van der Waals surface area contributed by atoms with E-state index in [1.165, 1.54) is 0 Å². The van der Waals surface area contributed by atoms with Crippen LogP contribution in [0.5, 0.6) is 0 Å². The molecule has 1 atom stereocenters. The number of unbranched alkanes of at least 4 members (excludes halogenated alkanes) is 3. The van der Waals surface area contributed by atoms with E-state index in [1.54, 1.807) is 0 Å². The van der Waals surface area contributed by atoms with Gasteiger partial charge in [0, 0.05) is 6.54 Å². The Morgan fingerprint density at radius 3 is 2.42 bits per heavy atom. The van der Waals surface area contributed by atoms with E-state index in [0.717, 1.165) is 25.7 Å². The summed E-state index contributed by atoms with van der Waals surface area (Å²) in [6, 6.07) is -1.79. The summed E-state index contributed by atoms with van der Waals surface area (Å²) >= 11 is 0. The molecule has 0 spiro atoms. The van der Waals surface area contributed by atoms with E-state index in [2.05, 4.69) is 17.6 Å². The van der Waals surface area contributed by atoms with Gasteiger partial charge in [0.25, 0.3) is 0 Å². The molecule has 0 aromatic heterocycles. The third-order valence-electron chi connectivity index (χ3n) is 2.55. The maximum atomic E-state index is 12.3. The maximum Gasteiger partial charge on any atom is 0.315 e. The number of carbonyl (C=O) groups is 3. The Labute approximate surface area is 112 Å². The number of carbonyl (C=O) groups excluding carboxylic acids is 3. The minimum atomic E-state index is -1.24. The minimum Gasteiger partial charge on any atom is -0.370 e. The minimum absolute atomic E-state index is 0.397. The van der Waals surface area contributed by atoms with Crippen LogP contribution in [0.15, 0.2) is 0 Å². The lowest BCUT2D eigenvalue weighted by molar-refractivity contribution is -0.126. The second-order valence-corrected chi connectivity index (χ2v) is 4.28. The molecular formula is C12H22FN3O3. The Hall–Kier alpha value is -1.66. The Morgan fingerprint density at radius 1 is 1.21 bits per heavy atom. The molecule has 0 aromatic carbocycles. The molecule has 3 amide bonds. The molecule has 0 bridgehead atoms. The molecule has 0 heterocycles. The highest BCUT2D eigenvalue weighted by Gasteiger charge is 2.22. The average molecular weight is 275 g/mol. The summed E-state index contributed by atoms with van der Waals surface area (Å²) in [5.74, 6) is -1.63. The van der Waals surface area contributed by atoms with Crippen molar-refractivity contribution < 1.29 is 18.8 Å². The van der Waals surface area contributed by atoms with Crippen LogP contribution in [0.1, 0.15) is 39.0 Å². The molecule has 6 nitrogen and oxygen atoms in total. The lowest BCUT2D eigenvalue weighted by atomic mass is 10.1. The smallest absolute Gasteiger partial charge is 0.315 e. The molecule has 0 aliphatic rings. The fraction of sp³-hybridized carbons (Fsp3) is 0.750. The predicted octanol–water partition coefficient (Wildman–Crippen LogP) is 0.648. The number of nitrogens with two attached hydrogens (primary N) is 1. The maximum absolute atomic E-state index is 12.3. The number of ketones is 1. The van der Waals surface area contributed by atoms with Crippen molar-refractivity contribution in [1.82, 2.24) is 10.6 Å². The first-order valence-electron chi connectivity index (χ1n) is 6.42. The van der Waals surface area contributed by atoms with E-state index in [1.807, 2.05) is 0 Å². The van der Waals surface area contributed by atoms with Crippen LogP contribution in [0.25, 0.3) is 0 Å². The largest absolute Gasteiger partial charge is 0.370 e. The molecule has 0 saturated carbocycles. The number of halogens is 1. The molecule has 7 heteroatoms. The highest BCUT2D eigenvalue weighted by atomic mass is 19.1. The van der Waals surface area contributed by atoms with Crippen LogP contribution in [0, 0.1) is 0 Å². The number of Topliss-reactive ketones (excluding diaryl/α,β-unsaturated/α-hetero) is 1. The number of hydrogen-bond acceptors (Lipinski definition) is 3. The summed E-state index contributed by atoms with van der Waals surface area (Å²) in [5.41, 5.74) is 4.93. The van der Waals surface area contributed by atoms with Crippen molar-refractivity contribution in [3.8, 4) is 0 Å². The number of primary amides is 1. The van der Waals surface area contributed by atoms with Gasteiger partial charge < -0.3 is 16.4 Å². The second kappa shape index (κ2) is 10.3. The van der Waals surface area contributed by atoms with Gasteiger partial charge in [0.1, 0.15) is 12.7 Å². The summed E-state index contributed by atoms with van der Waals surface area (Å²) in [6.07, 6.45) is 3.63. The average Bonchev–Trinajstić information content (AvgIpc) is 2.36. The third-order valence-corrected chi connectivity index (χ3v) is 2.55. The molecule has 19 heavy (non-hydrogen) atoms. The van der Waals surface area contributed by atoms with Crippen LogP contribution in [0.3, 0.4) is 0 Å². The Balaban J connectivity index is 4.02. The molecule has 0 aliphatic carbocycles. The van der Waals surface area contributed by atoms with E-state index < -0.39 is 36.9 Å². The molecule has 110 valence electrons. The molecule has 0 fully saturated rings. The van der Waals surface area contributed by atoms with Gasteiger partial charge >= 0.3 is 6.03 Å². The number of amides is 3. The number of hydrogen-bond donors (Lipinski definition) is 3. The Morgan fingerprint density at radius 2 is 1.89 bits per heavy atom. The van der Waals surface area contributed by atoms with Gasteiger partial charge in [-0.05, 0) is 6.42 Å². The van der Waals surface area contributed by atoms with Crippen molar-refractivity contribution in [3.05, 3.63) is 0 Å². The van der Waals surface area contributed by atoms with Crippen LogP contribution in [-0.2, 0) is 9.59 Å². The van der Waals surface area contributed by atoms with Gasteiger partial charge in [-0.25, -0.2) is 9.18 Å². The number of alkyl halides is 1. The number of urea groups is 1. The Kier molecular flexibility index (Phi) is 9.38. The first-order chi connectivity index (χ1) is 9.01. The van der Waals surface area contributed by atoms with Crippen molar-refractivity contribution >= 4 is 17.7 Å². The van der Waals surface area contributed by atoms with Crippen molar-refractivity contribution in [2.75, 3.05) is 13.2 Å². The van der Waals surface area contributed by atoms with Crippen LogP contribution in [0.4, 0.5) is 9.18 Å². The summed E-state index contributed by atoms with van der Waals surface area (Å²) in [7, 11) is 0. The van der Waals surface area contributed by atoms with E-state index in [-0.39, 0.29) is 0 Å². The van der Waals surface area contributed by atoms with Crippen LogP contribution in [-0.4, -0.2) is 37.0 Å². The van der Waals surface area contributed by atoms with Gasteiger partial charge in [-0.1, -0.05) is 26.2 Å². The van der Waals surface area contributed by atoms with Crippen LogP contribution >= 0.6 is 0 Å². The first kappa shape index (κ1) is 17.3. The zero-order valence-electron chi connectivity index (χ0n) is 11.2. The van der Waals surface area contributed by atoms with Gasteiger partial charge in [-0.15, -0.1) is 0 Å². The van der Waals surface area contributed by atoms with E-state index >= 15 is 0 Å². The predicted molar refractivity (Wildman–Crippen MR) is 69.3 cm³/mol. The SMILES string of the molecule is CCCCCCNC(=O)N[C@H](CC(N)=O)C(=O)CF. The topological polar surface area (TPSA) is 101 Å². The monoisotopic (exact) mass is 275 g/mol. The molecule has 4 N–H and O–H groups in total. The van der Waals surface area contributed by atoms with Crippen LogP contribution in [0.2, 0.25) is 0 Å². The van der Waals surface area contributed by atoms with Gasteiger partial charge in [-0.2, -0.15) is 0 Å². The molecule has 0 aliphatic heterocycles. The standard InChI is InChI=1S/C12H22FN3O3/c1-2-3-4-5-6-15-12(19)16-9(7-11(14)18)10(17)8-13/h9H,2-8H2,1H3,(H2,14,18)(H2,15,16,19)/t9-/m1/s1. The molecule has 0 radical (unpaired) electrons. The Bertz CT molecular complexity index is 311. The highest BCUT2D eigenvalue weighted by Crippen LogP contribution is 1.98. The second-order valence-electron chi connectivity index (χ2n) is 4.28. The normalized spacial score (nSPS) is 11.7. The molecule has 0 rings (SSSR count). The van der Waals surface area contributed by atoms with Crippen molar-refractivity contribution in [2.45, 2.75) is 45.1 Å². The number of rotatable bonds is 10. The third kappa shape index (κ3) is 8.98. The zero-order valence-corrected chi connectivity index (χ0v) is 11.2. The van der Waals surface area contributed by atoms with Gasteiger partial charge in [0.2, 0.25) is 5.91 Å². The fourth-order valence-electron chi connectivity index (χ4n) is 1.50. The zero-order chi connectivity index (χ0) is 14.7. The summed E-state index contributed by atoms with van der Waals surface area (Å²) in [6.45, 7) is 1.31. The van der Waals surface area contributed by atoms with Crippen molar-refractivity contribution in [2.24, 2.45) is 5.73 Å². The fourth-order valence-corrected chi connectivity index (χ4v) is 1.50. The summed E-state index contributed by atoms with van der Waals surface area (Å²) in [4.78, 5) is 33.3. The number of nitrogens with one attached hydrogen (secondary N) is 2.